The van der Waals surface area contributed by atoms with E-state index in [2.05, 4.69) is 0 Å². The number of halogens is 6. The number of hydrogen-bond acceptors (Lipinski definition) is 3. The van der Waals surface area contributed by atoms with Gasteiger partial charge in [0.1, 0.15) is 6.61 Å². The maximum Gasteiger partial charge on any atom is 0.417 e. The van der Waals surface area contributed by atoms with Gasteiger partial charge in [-0.2, -0.15) is 26.3 Å². The van der Waals surface area contributed by atoms with Crippen molar-refractivity contribution in [1.82, 2.24) is 0 Å². The number of primary amides is 1. The van der Waals surface area contributed by atoms with Crippen LogP contribution in [0.4, 0.5) is 26.3 Å². The second kappa shape index (κ2) is 8.02. The van der Waals surface area contributed by atoms with Gasteiger partial charge in [-0.1, -0.05) is 30.3 Å². The van der Waals surface area contributed by atoms with Gasteiger partial charge in [-0.25, -0.2) is 0 Å². The average Bonchev–Trinajstić information content (AvgIpc) is 2.76. The molecule has 4 rings (SSSR count). The van der Waals surface area contributed by atoms with Crippen molar-refractivity contribution in [3.8, 4) is 22.6 Å². The van der Waals surface area contributed by atoms with Crippen LogP contribution in [0.15, 0.2) is 60.7 Å². The van der Waals surface area contributed by atoms with Gasteiger partial charge >= 0.3 is 12.4 Å². The summed E-state index contributed by atoms with van der Waals surface area (Å²) in [4.78, 5) is 11.5. The SMILES string of the molecule is NC(=O)c1cccc2c1OCC(c1ccc(-c3cc(C(F)(F)F)ccc3C(F)(F)F)cc1)O2. The van der Waals surface area contributed by atoms with Crippen LogP contribution < -0.4 is 15.2 Å². The van der Waals surface area contributed by atoms with E-state index in [9.17, 15) is 31.1 Å². The topological polar surface area (TPSA) is 61.6 Å². The fourth-order valence-electron chi connectivity index (χ4n) is 3.55. The maximum atomic E-state index is 13.4. The third-order valence-electron chi connectivity index (χ3n) is 5.14. The normalized spacial score (nSPS) is 15.9. The Kier molecular flexibility index (Phi) is 5.47. The summed E-state index contributed by atoms with van der Waals surface area (Å²) in [5.74, 6) is -0.236. The fourth-order valence-corrected chi connectivity index (χ4v) is 3.55. The lowest BCUT2D eigenvalue weighted by atomic mass is 9.95. The van der Waals surface area contributed by atoms with Gasteiger partial charge in [-0.15, -0.1) is 0 Å². The van der Waals surface area contributed by atoms with Crippen LogP contribution in [0.1, 0.15) is 33.2 Å². The summed E-state index contributed by atoms with van der Waals surface area (Å²) in [5.41, 5.74) is 3.01. The number of fused-ring (bicyclic) bond motifs is 1. The summed E-state index contributed by atoms with van der Waals surface area (Å²) < 4.78 is 90.9. The molecule has 0 radical (unpaired) electrons. The van der Waals surface area contributed by atoms with Gasteiger partial charge in [0.2, 0.25) is 0 Å². The van der Waals surface area contributed by atoms with E-state index < -0.39 is 41.1 Å². The Morgan fingerprint density at radius 3 is 2.21 bits per heavy atom. The Labute approximate surface area is 183 Å². The molecular formula is C23H15F6NO3. The molecule has 0 bridgehead atoms. The van der Waals surface area contributed by atoms with Crippen LogP contribution in [-0.2, 0) is 12.4 Å². The van der Waals surface area contributed by atoms with Gasteiger partial charge in [-0.05, 0) is 47.0 Å². The molecule has 0 saturated carbocycles. The van der Waals surface area contributed by atoms with Crippen molar-refractivity contribution in [3.63, 3.8) is 0 Å². The number of carbonyl (C=O) groups is 1. The van der Waals surface area contributed by atoms with Crippen LogP contribution in [0.5, 0.6) is 11.5 Å². The number of para-hydroxylation sites is 1. The monoisotopic (exact) mass is 467 g/mol. The molecule has 172 valence electrons. The Morgan fingerprint density at radius 2 is 1.61 bits per heavy atom. The number of rotatable bonds is 3. The first kappa shape index (κ1) is 22.5. The van der Waals surface area contributed by atoms with Crippen LogP contribution in [0.25, 0.3) is 11.1 Å². The molecule has 0 fully saturated rings. The molecule has 1 aliphatic rings. The van der Waals surface area contributed by atoms with E-state index in [1.54, 1.807) is 12.1 Å². The van der Waals surface area contributed by atoms with Crippen LogP contribution in [0, 0.1) is 0 Å². The Hall–Kier alpha value is -3.69. The minimum Gasteiger partial charge on any atom is -0.485 e. The van der Waals surface area contributed by atoms with Crippen molar-refractivity contribution < 1.29 is 40.6 Å². The van der Waals surface area contributed by atoms with E-state index in [1.165, 1.54) is 30.3 Å². The smallest absolute Gasteiger partial charge is 0.417 e. The largest absolute Gasteiger partial charge is 0.485 e. The van der Waals surface area contributed by atoms with Crippen molar-refractivity contribution in [2.75, 3.05) is 6.61 Å². The van der Waals surface area contributed by atoms with E-state index in [4.69, 9.17) is 15.2 Å². The summed E-state index contributed by atoms with van der Waals surface area (Å²) in [5, 5.41) is 0. The van der Waals surface area contributed by atoms with Crippen molar-refractivity contribution in [1.29, 1.82) is 0 Å². The second-order valence-electron chi connectivity index (χ2n) is 7.29. The minimum absolute atomic E-state index is 0.00595. The summed E-state index contributed by atoms with van der Waals surface area (Å²) in [7, 11) is 0. The molecule has 1 heterocycles. The summed E-state index contributed by atoms with van der Waals surface area (Å²) in [6.45, 7) is -0.00595. The summed E-state index contributed by atoms with van der Waals surface area (Å²) in [6.07, 6.45) is -10.3. The van der Waals surface area contributed by atoms with E-state index in [0.29, 0.717) is 23.8 Å². The highest BCUT2D eigenvalue weighted by Gasteiger charge is 2.37. The molecule has 0 saturated heterocycles. The van der Waals surface area contributed by atoms with Crippen molar-refractivity contribution >= 4 is 5.91 Å². The molecular weight excluding hydrogens is 452 g/mol. The van der Waals surface area contributed by atoms with Gasteiger partial charge in [0.05, 0.1) is 16.7 Å². The quantitative estimate of drug-likeness (QED) is 0.481. The molecule has 0 spiro atoms. The molecule has 2 N–H and O–H groups in total. The van der Waals surface area contributed by atoms with E-state index in [1.807, 2.05) is 0 Å². The van der Waals surface area contributed by atoms with Gasteiger partial charge in [-0.3, -0.25) is 4.79 Å². The number of hydrogen-bond donors (Lipinski definition) is 1. The Bertz CT molecular complexity index is 1200. The first-order valence-corrected chi connectivity index (χ1v) is 9.56. The molecule has 10 heteroatoms. The lowest BCUT2D eigenvalue weighted by Gasteiger charge is -2.28. The molecule has 33 heavy (non-hydrogen) atoms. The highest BCUT2D eigenvalue weighted by molar-refractivity contribution is 5.96. The standard InChI is InChI=1S/C23H15F6NO3/c24-22(25,26)14-8-9-17(23(27,28)29)16(10-14)12-4-6-13(7-5-12)19-11-32-20-15(21(30)31)2-1-3-18(20)33-19/h1-10,19H,11H2,(H2,30,31). The Balaban J connectivity index is 1.66. The first-order chi connectivity index (χ1) is 15.4. The fraction of sp³-hybridized carbons (Fsp3) is 0.174. The summed E-state index contributed by atoms with van der Waals surface area (Å²) in [6, 6.07) is 11.4. The summed E-state index contributed by atoms with van der Waals surface area (Å²) >= 11 is 0. The number of benzene rings is 3. The van der Waals surface area contributed by atoms with E-state index >= 15 is 0 Å². The number of ether oxygens (including phenoxy) is 2. The molecule has 1 amide bonds. The van der Waals surface area contributed by atoms with Crippen molar-refractivity contribution in [3.05, 3.63) is 82.9 Å². The highest BCUT2D eigenvalue weighted by atomic mass is 19.4. The van der Waals surface area contributed by atoms with E-state index in [0.717, 1.165) is 0 Å². The van der Waals surface area contributed by atoms with Gasteiger partial charge in [0.15, 0.2) is 17.6 Å². The van der Waals surface area contributed by atoms with Crippen LogP contribution in [0.2, 0.25) is 0 Å². The van der Waals surface area contributed by atoms with Crippen LogP contribution in [-0.4, -0.2) is 12.5 Å². The predicted octanol–water partition coefficient (Wildman–Crippen LogP) is 6.00. The minimum atomic E-state index is -4.83. The average molecular weight is 467 g/mol. The van der Waals surface area contributed by atoms with Crippen molar-refractivity contribution in [2.24, 2.45) is 5.73 Å². The molecule has 0 aromatic heterocycles. The molecule has 4 nitrogen and oxygen atoms in total. The zero-order chi connectivity index (χ0) is 24.0. The first-order valence-electron chi connectivity index (χ1n) is 9.56. The third-order valence-corrected chi connectivity index (χ3v) is 5.14. The number of nitrogens with two attached hydrogens (primary N) is 1. The lowest BCUT2D eigenvalue weighted by Crippen LogP contribution is -2.24. The Morgan fingerprint density at radius 1 is 0.909 bits per heavy atom. The molecule has 3 aromatic rings. The lowest BCUT2D eigenvalue weighted by molar-refractivity contribution is -0.141. The van der Waals surface area contributed by atoms with Crippen LogP contribution >= 0.6 is 0 Å². The number of carbonyl (C=O) groups excluding carboxylic acids is 1. The van der Waals surface area contributed by atoms with Crippen LogP contribution in [0.3, 0.4) is 0 Å². The number of amides is 1. The van der Waals surface area contributed by atoms with Gasteiger partial charge < -0.3 is 15.2 Å². The zero-order valence-electron chi connectivity index (χ0n) is 16.6. The maximum absolute atomic E-state index is 13.4. The molecule has 0 aliphatic carbocycles. The molecule has 1 unspecified atom stereocenters. The molecule has 1 aliphatic heterocycles. The second-order valence-corrected chi connectivity index (χ2v) is 7.29. The zero-order valence-corrected chi connectivity index (χ0v) is 16.6. The predicted molar refractivity (Wildman–Crippen MR) is 106 cm³/mol. The van der Waals surface area contributed by atoms with E-state index in [-0.39, 0.29) is 29.2 Å². The molecule has 3 aromatic carbocycles. The molecule has 1 atom stereocenters. The third kappa shape index (κ3) is 4.46. The highest BCUT2D eigenvalue weighted by Crippen LogP contribution is 2.42. The van der Waals surface area contributed by atoms with Gasteiger partial charge in [0.25, 0.3) is 5.91 Å². The van der Waals surface area contributed by atoms with Gasteiger partial charge in [0, 0.05) is 0 Å². The number of alkyl halides is 6. The van der Waals surface area contributed by atoms with Crippen molar-refractivity contribution in [2.45, 2.75) is 18.5 Å².